The summed E-state index contributed by atoms with van der Waals surface area (Å²) in [6.07, 6.45) is 8.03. The molecular weight excluding hydrogens is 1000 g/mol. The van der Waals surface area contributed by atoms with Crippen LogP contribution in [-0.2, 0) is 25.9 Å². The van der Waals surface area contributed by atoms with E-state index in [4.69, 9.17) is 9.97 Å². The van der Waals surface area contributed by atoms with Crippen molar-refractivity contribution in [3.05, 3.63) is 200 Å². The fourth-order valence-electron chi connectivity index (χ4n) is 10.1. The minimum Gasteiger partial charge on any atom is -0.545 e. The summed E-state index contributed by atoms with van der Waals surface area (Å²) in [7, 11) is 0. The van der Waals surface area contributed by atoms with Crippen molar-refractivity contribution >= 4 is 55.6 Å². The number of hydrogen-bond donors (Lipinski definition) is 2. The molecule has 0 amide bonds. The molecule has 0 spiro atoms. The molecule has 388 valence electrons. The zero-order chi connectivity index (χ0) is 53.9. The quantitative estimate of drug-likeness (QED) is 0.125. The fraction of sp³-hybridized carbons (Fsp3) is 0.172. The van der Waals surface area contributed by atoms with E-state index in [-0.39, 0.29) is 73.1 Å². The second kappa shape index (κ2) is 24.3. The molecule has 6 aromatic heterocycles. The second-order valence-corrected chi connectivity index (χ2v) is 18.6. The first-order valence-corrected chi connectivity index (χ1v) is 25.4. The van der Waals surface area contributed by atoms with Crippen LogP contribution in [0.25, 0.3) is 77.8 Å². The van der Waals surface area contributed by atoms with Crippen molar-refractivity contribution in [3.63, 3.8) is 0 Å². The van der Waals surface area contributed by atoms with Gasteiger partial charge in [0.1, 0.15) is 11.6 Å². The average molecular weight is 1050 g/mol. The largest absolute Gasteiger partial charge is 1.00 e. The number of rotatable bonds is 16. The summed E-state index contributed by atoms with van der Waals surface area (Å²) in [5.41, 5.74) is 6.44. The SMILES string of the molecule is CCCCc1nc2ccccc2c(=O)n1Cc1cccc2c1c(C(=O)[O-])cn2-c1ccccc1-c1nn[nH]n1.CCCCc1nc2ccccc2c(=O)n1Cc1cccc2c1c(C(=O)[O-])cn2-c1ccccc1-c1nn[nH]n1.[Li+].[Li+]. The van der Waals surface area contributed by atoms with Crippen LogP contribution >= 0.6 is 0 Å². The molecule has 12 rings (SSSR count). The van der Waals surface area contributed by atoms with Gasteiger partial charge in [-0.15, -0.1) is 20.4 Å². The number of carboxylic acid groups (broad SMARTS) is 2. The summed E-state index contributed by atoms with van der Waals surface area (Å²) in [5.74, 6) is -0.498. The standard InChI is InChI=1S/2C29H25N7O3.2Li/c2*1-2-3-15-25-30-22-12-6-4-10-19(22)28(37)36(25)16-18-9-8-14-24-26(18)21(29(38)39)17-35(24)23-13-7-5-11-20(23)27-31-33-34-32-27;;/h2*4-14,17H,2-3,15-16H2,1H3,(H,38,39)(H,31,32,33,34);;/q;;2*+1/p-2. The molecule has 0 atom stereocenters. The van der Waals surface area contributed by atoms with Crippen LogP contribution in [0.5, 0.6) is 0 Å². The van der Waals surface area contributed by atoms with E-state index in [1.165, 1.54) is 0 Å². The maximum atomic E-state index is 13.6. The van der Waals surface area contributed by atoms with Crippen LogP contribution in [0, 0.1) is 0 Å². The van der Waals surface area contributed by atoms with Crippen molar-refractivity contribution < 1.29 is 57.5 Å². The smallest absolute Gasteiger partial charge is 0.545 e. The Kier molecular flexibility index (Phi) is 16.9. The second-order valence-electron chi connectivity index (χ2n) is 18.6. The van der Waals surface area contributed by atoms with E-state index >= 15 is 0 Å². The van der Waals surface area contributed by atoms with Crippen LogP contribution in [0.4, 0.5) is 0 Å². The maximum Gasteiger partial charge on any atom is 1.00 e. The molecule has 6 heterocycles. The Bertz CT molecular complexity index is 4060. The molecule has 80 heavy (non-hydrogen) atoms. The van der Waals surface area contributed by atoms with Crippen molar-refractivity contribution in [2.75, 3.05) is 0 Å². The predicted octanol–water partition coefficient (Wildman–Crippen LogP) is 0.558. The Hall–Kier alpha value is -9.05. The number of aromatic amines is 2. The number of carbonyl (C=O) groups excluding carboxylic acids is 2. The number of para-hydroxylation sites is 4. The molecule has 0 fully saturated rings. The van der Waals surface area contributed by atoms with Gasteiger partial charge in [0.2, 0.25) is 11.6 Å². The number of aromatic carboxylic acids is 2. The van der Waals surface area contributed by atoms with Crippen LogP contribution in [-0.4, -0.2) is 81.4 Å². The Morgan fingerprint density at radius 2 is 0.912 bits per heavy atom. The van der Waals surface area contributed by atoms with Gasteiger partial charge in [0.15, 0.2) is 0 Å². The summed E-state index contributed by atoms with van der Waals surface area (Å²) in [6, 6.07) is 40.5. The Balaban J connectivity index is 0.000000189. The van der Waals surface area contributed by atoms with Crippen molar-refractivity contribution in [2.24, 2.45) is 0 Å². The van der Waals surface area contributed by atoms with Gasteiger partial charge in [-0.3, -0.25) is 18.7 Å². The van der Waals surface area contributed by atoms with Gasteiger partial charge in [0.05, 0.1) is 69.2 Å². The van der Waals surface area contributed by atoms with Crippen LogP contribution < -0.4 is 59.1 Å². The first kappa shape index (κ1) is 55.7. The topological polar surface area (TPSA) is 269 Å². The number of carboxylic acids is 2. The molecule has 0 unspecified atom stereocenters. The molecule has 12 aromatic rings. The molecule has 20 nitrogen and oxygen atoms in total. The number of nitrogens with one attached hydrogen (secondary N) is 2. The number of aromatic nitrogens is 14. The minimum absolute atomic E-state index is 0. The van der Waals surface area contributed by atoms with E-state index in [2.05, 4.69) is 55.1 Å². The molecule has 0 aliphatic rings. The Morgan fingerprint density at radius 1 is 0.512 bits per heavy atom. The van der Waals surface area contributed by atoms with Gasteiger partial charge in [-0.25, -0.2) is 9.97 Å². The third kappa shape index (κ3) is 10.6. The molecule has 0 radical (unpaired) electrons. The van der Waals surface area contributed by atoms with Crippen LogP contribution in [0.1, 0.15) is 83.0 Å². The summed E-state index contributed by atoms with van der Waals surface area (Å²) >= 11 is 0. The maximum absolute atomic E-state index is 13.6. The minimum atomic E-state index is -1.31. The zero-order valence-corrected chi connectivity index (χ0v) is 44.3. The van der Waals surface area contributed by atoms with Crippen molar-refractivity contribution in [1.82, 2.24) is 69.5 Å². The molecule has 0 aliphatic carbocycles. The first-order chi connectivity index (χ1) is 38.1. The van der Waals surface area contributed by atoms with Gasteiger partial charge in [0, 0.05) is 58.3 Å². The van der Waals surface area contributed by atoms with Gasteiger partial charge in [0.25, 0.3) is 11.1 Å². The fourth-order valence-corrected chi connectivity index (χ4v) is 10.1. The number of hydrogen-bond acceptors (Lipinski definition) is 14. The van der Waals surface area contributed by atoms with Crippen LogP contribution in [0.2, 0.25) is 0 Å². The first-order valence-electron chi connectivity index (χ1n) is 25.4. The number of aryl methyl sites for hydroxylation is 2. The molecule has 0 aliphatic heterocycles. The van der Waals surface area contributed by atoms with Gasteiger partial charge in [-0.05, 0) is 95.1 Å². The Morgan fingerprint density at radius 3 is 1.30 bits per heavy atom. The van der Waals surface area contributed by atoms with E-state index in [0.29, 0.717) is 113 Å². The molecule has 6 aromatic carbocycles. The van der Waals surface area contributed by atoms with Crippen LogP contribution in [0.15, 0.2) is 155 Å². The van der Waals surface area contributed by atoms with Gasteiger partial charge >= 0.3 is 37.7 Å². The predicted molar refractivity (Wildman–Crippen MR) is 289 cm³/mol. The van der Waals surface area contributed by atoms with Crippen LogP contribution in [0.3, 0.4) is 0 Å². The monoisotopic (exact) mass is 1050 g/mol. The van der Waals surface area contributed by atoms with Crippen molar-refractivity contribution in [2.45, 2.75) is 65.5 Å². The number of carbonyl (C=O) groups is 2. The number of fused-ring (bicyclic) bond motifs is 4. The van der Waals surface area contributed by atoms with Gasteiger partial charge < -0.3 is 28.9 Å². The molecule has 22 heteroatoms. The summed E-state index contributed by atoms with van der Waals surface area (Å²) < 4.78 is 6.90. The number of H-pyrrole nitrogens is 2. The van der Waals surface area contributed by atoms with Gasteiger partial charge in [-0.1, -0.05) is 99.5 Å². The Labute approximate surface area is 479 Å². The van der Waals surface area contributed by atoms with E-state index in [9.17, 15) is 29.4 Å². The summed E-state index contributed by atoms with van der Waals surface area (Å²) in [4.78, 5) is 61.7. The third-order valence-electron chi connectivity index (χ3n) is 13.8. The van der Waals surface area contributed by atoms with E-state index in [1.54, 1.807) is 42.8 Å². The number of nitrogens with zero attached hydrogens (tertiary/aromatic N) is 12. The number of benzene rings is 6. The summed E-state index contributed by atoms with van der Waals surface area (Å²) in [5, 5.41) is 55.5. The molecular formula is C58H48Li2N14O6. The van der Waals surface area contributed by atoms with E-state index < -0.39 is 11.9 Å². The number of tetrazole rings is 2. The third-order valence-corrected chi connectivity index (χ3v) is 13.8. The van der Waals surface area contributed by atoms with E-state index in [1.807, 2.05) is 121 Å². The number of unbranched alkanes of at least 4 members (excludes halogenated alkanes) is 2. The molecule has 0 bridgehead atoms. The zero-order valence-electron chi connectivity index (χ0n) is 44.3. The summed E-state index contributed by atoms with van der Waals surface area (Å²) in [6.45, 7) is 4.52. The molecule has 0 saturated carbocycles. The molecule has 2 N–H and O–H groups in total. The average Bonchev–Trinajstić information content (AvgIpc) is 4.33. The van der Waals surface area contributed by atoms with Gasteiger partial charge in [-0.2, -0.15) is 10.4 Å². The molecule has 0 saturated heterocycles. The normalized spacial score (nSPS) is 11.1. The van der Waals surface area contributed by atoms with E-state index in [0.717, 1.165) is 25.7 Å². The van der Waals surface area contributed by atoms with Crippen molar-refractivity contribution in [1.29, 1.82) is 0 Å². The van der Waals surface area contributed by atoms with Crippen molar-refractivity contribution in [3.8, 4) is 34.2 Å².